The number of nitrogens with zero attached hydrogens (tertiary/aromatic N) is 1. The summed E-state index contributed by atoms with van der Waals surface area (Å²) in [4.78, 5) is 12.6. The maximum absolute atomic E-state index is 14.0. The van der Waals surface area contributed by atoms with Crippen molar-refractivity contribution in [3.05, 3.63) is 66.2 Å². The fraction of sp³-hybridized carbons (Fsp3) is 0.200. The van der Waals surface area contributed by atoms with Crippen molar-refractivity contribution in [2.45, 2.75) is 19.3 Å². The van der Waals surface area contributed by atoms with Crippen molar-refractivity contribution in [1.82, 2.24) is 10.2 Å². The molecule has 1 heterocycles. The second-order valence-electron chi connectivity index (χ2n) is 5.91. The first kappa shape index (κ1) is 17.7. The zero-order valence-corrected chi connectivity index (χ0v) is 14.6. The number of hydrogen-bond acceptors (Lipinski definition) is 3. The lowest BCUT2D eigenvalue weighted by Crippen LogP contribution is -2.20. The van der Waals surface area contributed by atoms with Crippen LogP contribution in [0.4, 0.5) is 10.1 Å². The molecule has 2 aromatic carbocycles. The van der Waals surface area contributed by atoms with Gasteiger partial charge < -0.3 is 10.1 Å². The van der Waals surface area contributed by atoms with Crippen LogP contribution in [0.3, 0.4) is 0 Å². The van der Waals surface area contributed by atoms with E-state index in [9.17, 15) is 9.18 Å². The van der Waals surface area contributed by atoms with E-state index in [1.165, 1.54) is 13.2 Å². The molecule has 134 valence electrons. The summed E-state index contributed by atoms with van der Waals surface area (Å²) >= 11 is 0. The number of hydrogen-bond donors (Lipinski definition) is 2. The summed E-state index contributed by atoms with van der Waals surface area (Å²) in [6.45, 7) is 1.90. The number of anilines is 1. The summed E-state index contributed by atoms with van der Waals surface area (Å²) in [6.07, 6.45) is 4.10. The molecule has 1 aromatic heterocycles. The monoisotopic (exact) mass is 353 g/mol. The van der Waals surface area contributed by atoms with Crippen LogP contribution in [0, 0.1) is 5.82 Å². The molecule has 0 spiro atoms. The molecule has 3 aromatic rings. The Balaban J connectivity index is 1.74. The fourth-order valence-electron chi connectivity index (χ4n) is 2.86. The molecule has 2 N–H and O–H groups in total. The molecule has 1 amide bonds. The Hall–Kier alpha value is -3.15. The topological polar surface area (TPSA) is 67.0 Å². The van der Waals surface area contributed by atoms with Gasteiger partial charge in [-0.25, -0.2) is 4.39 Å². The van der Waals surface area contributed by atoms with E-state index in [0.717, 1.165) is 11.1 Å². The van der Waals surface area contributed by atoms with Crippen molar-refractivity contribution in [3.63, 3.8) is 0 Å². The Kier molecular flexibility index (Phi) is 5.31. The molecular weight excluding hydrogens is 333 g/mol. The van der Waals surface area contributed by atoms with Gasteiger partial charge in [0.15, 0.2) is 11.6 Å². The molecule has 0 aliphatic carbocycles. The Morgan fingerprint density at radius 3 is 2.58 bits per heavy atom. The van der Waals surface area contributed by atoms with Crippen molar-refractivity contribution in [2.75, 3.05) is 12.4 Å². The zero-order valence-electron chi connectivity index (χ0n) is 14.6. The average Bonchev–Trinajstić information content (AvgIpc) is 3.18. The molecule has 0 aliphatic rings. The van der Waals surface area contributed by atoms with Crippen LogP contribution >= 0.6 is 0 Å². The van der Waals surface area contributed by atoms with Gasteiger partial charge in [-0.1, -0.05) is 25.1 Å². The molecule has 3 rings (SSSR count). The molecule has 0 saturated heterocycles. The van der Waals surface area contributed by atoms with E-state index in [0.29, 0.717) is 17.7 Å². The number of carbonyl (C=O) groups is 1. The van der Waals surface area contributed by atoms with Crippen LogP contribution in [-0.2, 0) is 4.79 Å². The smallest absolute Gasteiger partial charge is 0.231 e. The van der Waals surface area contributed by atoms with Gasteiger partial charge in [-0.15, -0.1) is 0 Å². The van der Waals surface area contributed by atoms with Gasteiger partial charge in [0.05, 0.1) is 19.2 Å². The highest BCUT2D eigenvalue weighted by Crippen LogP contribution is 2.27. The molecule has 5 nitrogen and oxygen atoms in total. The number of carbonyl (C=O) groups excluding carboxylic acids is 1. The average molecular weight is 353 g/mol. The van der Waals surface area contributed by atoms with Gasteiger partial charge >= 0.3 is 0 Å². The van der Waals surface area contributed by atoms with E-state index in [4.69, 9.17) is 4.74 Å². The number of rotatable bonds is 6. The first-order valence-electron chi connectivity index (χ1n) is 8.36. The quantitative estimate of drug-likeness (QED) is 0.692. The van der Waals surface area contributed by atoms with Gasteiger partial charge in [0.25, 0.3) is 0 Å². The van der Waals surface area contributed by atoms with Crippen molar-refractivity contribution in [3.8, 4) is 16.9 Å². The predicted molar refractivity (Wildman–Crippen MR) is 98.6 cm³/mol. The van der Waals surface area contributed by atoms with Crippen LogP contribution in [0.5, 0.6) is 5.75 Å². The maximum Gasteiger partial charge on any atom is 0.231 e. The predicted octanol–water partition coefficient (Wildman–Crippen LogP) is 4.36. The molecule has 1 unspecified atom stereocenters. The Morgan fingerprint density at radius 2 is 2.00 bits per heavy atom. The van der Waals surface area contributed by atoms with Crippen LogP contribution in [-0.4, -0.2) is 23.2 Å². The number of halogens is 1. The lowest BCUT2D eigenvalue weighted by Gasteiger charge is -2.16. The van der Waals surface area contributed by atoms with E-state index in [-0.39, 0.29) is 11.7 Å². The number of aromatic nitrogens is 2. The maximum atomic E-state index is 14.0. The number of nitrogens with one attached hydrogen (secondary N) is 2. The molecule has 0 aliphatic heterocycles. The van der Waals surface area contributed by atoms with Gasteiger partial charge in [-0.2, -0.15) is 5.10 Å². The van der Waals surface area contributed by atoms with Crippen molar-refractivity contribution < 1.29 is 13.9 Å². The number of ether oxygens (including phenoxy) is 1. The summed E-state index contributed by atoms with van der Waals surface area (Å²) in [5.74, 6) is -0.920. The van der Waals surface area contributed by atoms with Gasteiger partial charge in [-0.05, 0) is 41.8 Å². The molecule has 1 atom stereocenters. The third kappa shape index (κ3) is 3.74. The lowest BCUT2D eigenvalue weighted by atomic mass is 9.95. The molecule has 26 heavy (non-hydrogen) atoms. The van der Waals surface area contributed by atoms with Gasteiger partial charge in [0.2, 0.25) is 5.91 Å². The third-order valence-electron chi connectivity index (χ3n) is 4.29. The number of aromatic amines is 1. The largest absolute Gasteiger partial charge is 0.494 e. The first-order valence-corrected chi connectivity index (χ1v) is 8.36. The van der Waals surface area contributed by atoms with Crippen molar-refractivity contribution in [2.24, 2.45) is 0 Å². The van der Waals surface area contributed by atoms with Crippen molar-refractivity contribution >= 4 is 11.6 Å². The minimum atomic E-state index is -0.472. The molecule has 6 heteroatoms. The molecule has 0 fully saturated rings. The first-order chi connectivity index (χ1) is 12.6. The van der Waals surface area contributed by atoms with Crippen LogP contribution in [0.2, 0.25) is 0 Å². The molecule has 0 radical (unpaired) electrons. The van der Waals surface area contributed by atoms with Crippen LogP contribution < -0.4 is 10.1 Å². The summed E-state index contributed by atoms with van der Waals surface area (Å²) in [5.41, 5.74) is 3.29. The Bertz CT molecular complexity index is 877. The van der Waals surface area contributed by atoms with Gasteiger partial charge in [-0.3, -0.25) is 9.89 Å². The molecule has 0 saturated carbocycles. The van der Waals surface area contributed by atoms with E-state index >= 15 is 0 Å². The number of benzene rings is 2. The fourth-order valence-corrected chi connectivity index (χ4v) is 2.86. The Morgan fingerprint density at radius 1 is 1.23 bits per heavy atom. The minimum absolute atomic E-state index is 0.166. The van der Waals surface area contributed by atoms with Gasteiger partial charge in [0, 0.05) is 17.4 Å². The van der Waals surface area contributed by atoms with Gasteiger partial charge in [0.1, 0.15) is 0 Å². The van der Waals surface area contributed by atoms with E-state index in [1.807, 2.05) is 31.2 Å². The second kappa shape index (κ2) is 7.82. The SMILES string of the molecule is CCC(C(=O)Nc1ccc(-c2cn[nH]c2)cc1)c1ccc(OC)c(F)c1. The highest BCUT2D eigenvalue weighted by molar-refractivity contribution is 5.96. The van der Waals surface area contributed by atoms with Crippen molar-refractivity contribution in [1.29, 1.82) is 0 Å². The van der Waals surface area contributed by atoms with Crippen LogP contribution in [0.1, 0.15) is 24.8 Å². The van der Waals surface area contributed by atoms with E-state index < -0.39 is 11.7 Å². The van der Waals surface area contributed by atoms with E-state index in [1.54, 1.807) is 24.5 Å². The molecular formula is C20H20FN3O2. The highest BCUT2D eigenvalue weighted by atomic mass is 19.1. The molecule has 0 bridgehead atoms. The normalized spacial score (nSPS) is 11.8. The summed E-state index contributed by atoms with van der Waals surface area (Å²) < 4.78 is 18.9. The standard InChI is InChI=1S/C20H20FN3O2/c1-3-17(14-6-9-19(26-2)18(21)10-14)20(25)24-16-7-4-13(5-8-16)15-11-22-23-12-15/h4-12,17H,3H2,1-2H3,(H,22,23)(H,24,25). The third-order valence-corrected chi connectivity index (χ3v) is 4.29. The zero-order chi connectivity index (χ0) is 18.5. The minimum Gasteiger partial charge on any atom is -0.494 e. The second-order valence-corrected chi connectivity index (χ2v) is 5.91. The summed E-state index contributed by atoms with van der Waals surface area (Å²) in [5, 5.41) is 9.59. The number of methoxy groups -OCH3 is 1. The lowest BCUT2D eigenvalue weighted by molar-refractivity contribution is -0.117. The highest BCUT2D eigenvalue weighted by Gasteiger charge is 2.20. The summed E-state index contributed by atoms with van der Waals surface area (Å²) in [7, 11) is 1.41. The van der Waals surface area contributed by atoms with Crippen LogP contribution in [0.15, 0.2) is 54.9 Å². The van der Waals surface area contributed by atoms with Crippen LogP contribution in [0.25, 0.3) is 11.1 Å². The number of H-pyrrole nitrogens is 1. The van der Waals surface area contributed by atoms with E-state index in [2.05, 4.69) is 15.5 Å². The summed E-state index contributed by atoms with van der Waals surface area (Å²) in [6, 6.07) is 12.1. The number of amides is 1. The Labute approximate surface area is 151 Å².